The number of nitrogens with zero attached hydrogens (tertiary/aromatic N) is 5. The molecule has 134 valence electrons. The number of halogens is 1. The Morgan fingerprint density at radius 1 is 1.15 bits per heavy atom. The van der Waals surface area contributed by atoms with Gasteiger partial charge in [0.1, 0.15) is 12.7 Å². The van der Waals surface area contributed by atoms with Gasteiger partial charge in [0.2, 0.25) is 5.16 Å². The van der Waals surface area contributed by atoms with Crippen molar-refractivity contribution >= 4 is 29.1 Å². The van der Waals surface area contributed by atoms with Crippen molar-refractivity contribution in [2.75, 3.05) is 0 Å². The third-order valence-corrected chi connectivity index (χ3v) is 5.02. The molecule has 0 spiro atoms. The van der Waals surface area contributed by atoms with Gasteiger partial charge in [0.05, 0.1) is 0 Å². The molecule has 2 aromatic heterocycles. The summed E-state index contributed by atoms with van der Waals surface area (Å²) in [4.78, 5) is 21.4. The highest BCUT2D eigenvalue weighted by Crippen LogP contribution is 2.32. The van der Waals surface area contributed by atoms with Gasteiger partial charge in [0.15, 0.2) is 17.0 Å². The third kappa shape index (κ3) is 3.91. The number of aromatic amines is 1. The maximum atomic E-state index is 13.0. The van der Waals surface area contributed by atoms with E-state index in [1.807, 2.05) is 30.3 Å². The number of carbonyl (C=O) groups excluding carboxylic acids is 1. The molecule has 0 fully saturated rings. The van der Waals surface area contributed by atoms with E-state index in [1.54, 1.807) is 24.3 Å². The van der Waals surface area contributed by atoms with E-state index in [9.17, 15) is 4.79 Å². The summed E-state index contributed by atoms with van der Waals surface area (Å²) >= 11 is 7.23. The molecule has 1 N–H and O–H groups in total. The van der Waals surface area contributed by atoms with Crippen LogP contribution in [0.25, 0.3) is 11.4 Å². The molecule has 1 atom stereocenters. The van der Waals surface area contributed by atoms with Crippen LogP contribution in [0.4, 0.5) is 0 Å². The van der Waals surface area contributed by atoms with Gasteiger partial charge in [0, 0.05) is 16.1 Å². The quantitative estimate of drug-likeness (QED) is 0.393. The highest BCUT2D eigenvalue weighted by atomic mass is 35.5. The maximum Gasteiger partial charge on any atom is 0.211 e. The molecule has 7 nitrogen and oxygen atoms in total. The van der Waals surface area contributed by atoms with Gasteiger partial charge in [-0.25, -0.2) is 14.6 Å². The number of ketones is 1. The van der Waals surface area contributed by atoms with Gasteiger partial charge in [-0.1, -0.05) is 54.1 Å². The number of Topliss-reactive ketones (excluding diaryl/α,β-unsaturated/α-hetero) is 1. The second-order valence-electron chi connectivity index (χ2n) is 5.55. The van der Waals surface area contributed by atoms with Crippen molar-refractivity contribution in [3.8, 4) is 11.4 Å². The molecular weight excluding hydrogens is 384 g/mol. The number of hydrogen-bond donors (Lipinski definition) is 1. The van der Waals surface area contributed by atoms with E-state index in [4.69, 9.17) is 11.6 Å². The molecule has 27 heavy (non-hydrogen) atoms. The first-order valence-corrected chi connectivity index (χ1v) is 9.25. The fraction of sp³-hybridized carbons (Fsp3) is 0.0556. The van der Waals surface area contributed by atoms with Crippen LogP contribution >= 0.6 is 23.4 Å². The summed E-state index contributed by atoms with van der Waals surface area (Å²) in [7, 11) is 0. The average molecular weight is 397 g/mol. The lowest BCUT2D eigenvalue weighted by Crippen LogP contribution is -2.17. The molecule has 0 saturated heterocycles. The average Bonchev–Trinajstić information content (AvgIpc) is 3.38. The van der Waals surface area contributed by atoms with Gasteiger partial charge in [0.25, 0.3) is 0 Å². The largest absolute Gasteiger partial charge is 0.291 e. The number of nitrogens with one attached hydrogen (secondary N) is 1. The predicted octanol–water partition coefficient (Wildman–Crippen LogP) is 3.89. The van der Waals surface area contributed by atoms with E-state index >= 15 is 0 Å². The Balaban J connectivity index is 1.62. The maximum absolute atomic E-state index is 13.0. The summed E-state index contributed by atoms with van der Waals surface area (Å²) in [5.74, 6) is 0.463. The molecule has 9 heteroatoms. The van der Waals surface area contributed by atoms with E-state index in [0.717, 1.165) is 5.56 Å². The second-order valence-corrected chi connectivity index (χ2v) is 7.04. The van der Waals surface area contributed by atoms with E-state index < -0.39 is 5.37 Å². The van der Waals surface area contributed by atoms with Gasteiger partial charge in [-0.3, -0.25) is 9.89 Å². The Kier molecular flexibility index (Phi) is 4.99. The van der Waals surface area contributed by atoms with E-state index in [2.05, 4.69) is 25.3 Å². The molecule has 0 aliphatic rings. The van der Waals surface area contributed by atoms with Crippen molar-refractivity contribution in [1.29, 1.82) is 0 Å². The van der Waals surface area contributed by atoms with Crippen LogP contribution in [-0.2, 0) is 0 Å². The number of benzene rings is 2. The molecule has 4 rings (SSSR count). The first-order chi connectivity index (χ1) is 13.2. The minimum Gasteiger partial charge on any atom is -0.291 e. The van der Waals surface area contributed by atoms with E-state index in [-0.39, 0.29) is 5.78 Å². The molecule has 0 saturated carbocycles. The molecule has 0 aliphatic heterocycles. The molecule has 0 unspecified atom stereocenters. The lowest BCUT2D eigenvalue weighted by molar-refractivity contribution is 0.0962. The number of carbonyl (C=O) groups is 1. The van der Waals surface area contributed by atoms with Crippen LogP contribution in [0, 0.1) is 0 Å². The van der Waals surface area contributed by atoms with E-state index in [1.165, 1.54) is 29.1 Å². The number of aromatic nitrogens is 6. The predicted molar refractivity (Wildman–Crippen MR) is 103 cm³/mol. The summed E-state index contributed by atoms with van der Waals surface area (Å²) in [6.07, 6.45) is 2.89. The zero-order chi connectivity index (χ0) is 18.6. The second kappa shape index (κ2) is 7.73. The van der Waals surface area contributed by atoms with Gasteiger partial charge in [-0.15, -0.1) is 5.10 Å². The van der Waals surface area contributed by atoms with Crippen LogP contribution in [-0.4, -0.2) is 35.7 Å². The van der Waals surface area contributed by atoms with Crippen molar-refractivity contribution in [2.24, 2.45) is 0 Å². The number of H-pyrrole nitrogens is 1. The molecule has 0 radical (unpaired) electrons. The fourth-order valence-electron chi connectivity index (χ4n) is 2.47. The first kappa shape index (κ1) is 17.4. The summed E-state index contributed by atoms with van der Waals surface area (Å²) in [5, 5.41) is 11.6. The topological polar surface area (TPSA) is 89.4 Å². The lowest BCUT2D eigenvalue weighted by atomic mass is 10.1. The lowest BCUT2D eigenvalue weighted by Gasteiger charge is -2.13. The standard InChI is InChI=1S/C18H13ClN6OS/c19-14-8-4-7-13(9-14)16-22-18(24-23-16)27-17(25-11-20-10-21-25)15(26)12-5-2-1-3-6-12/h1-11,17H,(H,22,23,24)/t17-/m1/s1. The van der Waals surface area contributed by atoms with Crippen LogP contribution in [0.15, 0.2) is 72.4 Å². The van der Waals surface area contributed by atoms with Crippen molar-refractivity contribution in [3.05, 3.63) is 77.8 Å². The highest BCUT2D eigenvalue weighted by Gasteiger charge is 2.26. The monoisotopic (exact) mass is 396 g/mol. The molecular formula is C18H13ClN6OS. The minimum absolute atomic E-state index is 0.111. The van der Waals surface area contributed by atoms with Crippen molar-refractivity contribution in [2.45, 2.75) is 10.5 Å². The molecule has 4 aromatic rings. The SMILES string of the molecule is O=C(c1ccccc1)[C@@H](Sc1n[nH]c(-c2cccc(Cl)c2)n1)n1cncn1. The van der Waals surface area contributed by atoms with Crippen LogP contribution in [0.3, 0.4) is 0 Å². The highest BCUT2D eigenvalue weighted by molar-refractivity contribution is 7.99. The molecule has 0 bridgehead atoms. The Bertz CT molecular complexity index is 1050. The summed E-state index contributed by atoms with van der Waals surface area (Å²) < 4.78 is 1.50. The minimum atomic E-state index is -0.669. The molecule has 2 aromatic carbocycles. The Morgan fingerprint density at radius 3 is 2.74 bits per heavy atom. The van der Waals surface area contributed by atoms with Crippen molar-refractivity contribution in [1.82, 2.24) is 29.9 Å². The number of hydrogen-bond acceptors (Lipinski definition) is 6. The zero-order valence-corrected chi connectivity index (χ0v) is 15.4. The smallest absolute Gasteiger partial charge is 0.211 e. The fourth-order valence-corrected chi connectivity index (χ4v) is 3.57. The Morgan fingerprint density at radius 2 is 2.00 bits per heavy atom. The summed E-state index contributed by atoms with van der Waals surface area (Å²) in [6, 6.07) is 16.3. The zero-order valence-electron chi connectivity index (χ0n) is 13.9. The Labute approximate surface area is 163 Å². The number of rotatable bonds is 6. The van der Waals surface area contributed by atoms with Crippen LogP contribution < -0.4 is 0 Å². The van der Waals surface area contributed by atoms with Crippen molar-refractivity contribution in [3.63, 3.8) is 0 Å². The molecule has 2 heterocycles. The normalized spacial score (nSPS) is 12.0. The third-order valence-electron chi connectivity index (χ3n) is 3.74. The van der Waals surface area contributed by atoms with Crippen LogP contribution in [0.5, 0.6) is 0 Å². The van der Waals surface area contributed by atoms with Gasteiger partial charge < -0.3 is 0 Å². The first-order valence-electron chi connectivity index (χ1n) is 7.99. The van der Waals surface area contributed by atoms with Gasteiger partial charge in [-0.2, -0.15) is 5.10 Å². The van der Waals surface area contributed by atoms with Crippen LogP contribution in [0.1, 0.15) is 15.7 Å². The van der Waals surface area contributed by atoms with Gasteiger partial charge >= 0.3 is 0 Å². The Hall–Kier alpha value is -2.97. The van der Waals surface area contributed by atoms with E-state index in [0.29, 0.717) is 21.6 Å². The molecule has 0 aliphatic carbocycles. The van der Waals surface area contributed by atoms with Crippen LogP contribution in [0.2, 0.25) is 5.02 Å². The summed E-state index contributed by atoms with van der Waals surface area (Å²) in [5.41, 5.74) is 1.39. The number of thioether (sulfide) groups is 1. The molecule has 0 amide bonds. The van der Waals surface area contributed by atoms with Gasteiger partial charge in [-0.05, 0) is 23.9 Å². The van der Waals surface area contributed by atoms with Crippen molar-refractivity contribution < 1.29 is 4.79 Å². The summed E-state index contributed by atoms with van der Waals surface area (Å²) in [6.45, 7) is 0.